The van der Waals surface area contributed by atoms with Crippen LogP contribution in [0.25, 0.3) is 0 Å². The standard InChI is InChI=1S/C13H17ClN2O/c14-11-5-3-4-10(8-11)9-12(16-15)13-6-1-2-7-17-13/h3-6,8,12,16H,1-2,7,9,15H2. The molecule has 0 saturated carbocycles. The van der Waals surface area contributed by atoms with Crippen molar-refractivity contribution < 1.29 is 4.74 Å². The van der Waals surface area contributed by atoms with Crippen LogP contribution in [0.4, 0.5) is 0 Å². The van der Waals surface area contributed by atoms with Crippen LogP contribution in [-0.4, -0.2) is 12.6 Å². The average Bonchev–Trinajstić information content (AvgIpc) is 2.37. The lowest BCUT2D eigenvalue weighted by Gasteiger charge is -2.23. The van der Waals surface area contributed by atoms with E-state index in [9.17, 15) is 0 Å². The van der Waals surface area contributed by atoms with E-state index in [0.29, 0.717) is 0 Å². The van der Waals surface area contributed by atoms with Crippen LogP contribution in [0.1, 0.15) is 18.4 Å². The first-order valence-electron chi connectivity index (χ1n) is 5.83. The van der Waals surface area contributed by atoms with Crippen molar-refractivity contribution in [1.82, 2.24) is 5.43 Å². The highest BCUT2D eigenvalue weighted by Gasteiger charge is 2.17. The van der Waals surface area contributed by atoms with E-state index in [4.69, 9.17) is 22.2 Å². The Morgan fingerprint density at radius 2 is 2.35 bits per heavy atom. The lowest BCUT2D eigenvalue weighted by molar-refractivity contribution is 0.167. The molecule has 0 bridgehead atoms. The quantitative estimate of drug-likeness (QED) is 0.639. The first-order chi connectivity index (χ1) is 8.29. The Bertz CT molecular complexity index is 406. The summed E-state index contributed by atoms with van der Waals surface area (Å²) in [6.45, 7) is 0.777. The van der Waals surface area contributed by atoms with Gasteiger partial charge in [0.05, 0.1) is 12.6 Å². The summed E-state index contributed by atoms with van der Waals surface area (Å²) in [5.74, 6) is 6.53. The highest BCUT2D eigenvalue weighted by molar-refractivity contribution is 6.30. The summed E-state index contributed by atoms with van der Waals surface area (Å²) in [4.78, 5) is 0. The van der Waals surface area contributed by atoms with Crippen LogP contribution in [0.3, 0.4) is 0 Å². The van der Waals surface area contributed by atoms with E-state index >= 15 is 0 Å². The minimum Gasteiger partial charge on any atom is -0.497 e. The average molecular weight is 253 g/mol. The van der Waals surface area contributed by atoms with Crippen LogP contribution in [0.15, 0.2) is 36.1 Å². The highest BCUT2D eigenvalue weighted by atomic mass is 35.5. The van der Waals surface area contributed by atoms with E-state index in [0.717, 1.165) is 42.2 Å². The van der Waals surface area contributed by atoms with Gasteiger partial charge in [-0.1, -0.05) is 23.7 Å². The maximum atomic E-state index is 5.96. The highest BCUT2D eigenvalue weighted by Crippen LogP contribution is 2.18. The van der Waals surface area contributed by atoms with Gasteiger partial charge in [-0.05, 0) is 43.0 Å². The summed E-state index contributed by atoms with van der Waals surface area (Å²) in [6.07, 6.45) is 5.03. The summed E-state index contributed by atoms with van der Waals surface area (Å²) in [5, 5.41) is 0.747. The van der Waals surface area contributed by atoms with Crippen LogP contribution in [0.2, 0.25) is 5.02 Å². The van der Waals surface area contributed by atoms with Crippen molar-refractivity contribution in [2.45, 2.75) is 25.3 Å². The summed E-state index contributed by atoms with van der Waals surface area (Å²) < 4.78 is 5.62. The number of hydrogen-bond donors (Lipinski definition) is 2. The first-order valence-corrected chi connectivity index (χ1v) is 6.21. The summed E-state index contributed by atoms with van der Waals surface area (Å²) in [5.41, 5.74) is 3.95. The van der Waals surface area contributed by atoms with Crippen LogP contribution in [0.5, 0.6) is 0 Å². The van der Waals surface area contributed by atoms with Crippen molar-refractivity contribution in [2.75, 3.05) is 6.61 Å². The fourth-order valence-corrected chi connectivity index (χ4v) is 2.17. The van der Waals surface area contributed by atoms with E-state index in [-0.39, 0.29) is 6.04 Å². The Labute approximate surface area is 107 Å². The second-order valence-electron chi connectivity index (χ2n) is 4.15. The molecule has 0 aliphatic carbocycles. The minimum absolute atomic E-state index is 0.0220. The predicted molar refractivity (Wildman–Crippen MR) is 69.5 cm³/mol. The topological polar surface area (TPSA) is 47.3 Å². The number of allylic oxidation sites excluding steroid dienone is 1. The normalized spacial score (nSPS) is 17.2. The van der Waals surface area contributed by atoms with Gasteiger partial charge in [-0.25, -0.2) is 5.43 Å². The summed E-state index contributed by atoms with van der Waals surface area (Å²) >= 11 is 5.96. The fraction of sp³-hybridized carbons (Fsp3) is 0.385. The molecule has 3 N–H and O–H groups in total. The first kappa shape index (κ1) is 12.4. The molecule has 0 radical (unpaired) electrons. The van der Waals surface area contributed by atoms with Gasteiger partial charge in [-0.3, -0.25) is 5.84 Å². The minimum atomic E-state index is 0.0220. The van der Waals surface area contributed by atoms with Gasteiger partial charge in [0.25, 0.3) is 0 Å². The van der Waals surface area contributed by atoms with Gasteiger partial charge in [0.15, 0.2) is 0 Å². The molecule has 1 heterocycles. The molecule has 0 spiro atoms. The molecular formula is C13H17ClN2O. The van der Waals surface area contributed by atoms with E-state index < -0.39 is 0 Å². The number of nitrogens with two attached hydrogens (primary N) is 1. The van der Waals surface area contributed by atoms with Crippen LogP contribution in [0, 0.1) is 0 Å². The molecular weight excluding hydrogens is 236 g/mol. The third-order valence-electron chi connectivity index (χ3n) is 2.84. The molecule has 2 rings (SSSR count). The molecule has 4 heteroatoms. The zero-order valence-electron chi connectivity index (χ0n) is 9.66. The fourth-order valence-electron chi connectivity index (χ4n) is 1.96. The molecule has 3 nitrogen and oxygen atoms in total. The monoisotopic (exact) mass is 252 g/mol. The van der Waals surface area contributed by atoms with Crippen molar-refractivity contribution in [1.29, 1.82) is 0 Å². The van der Waals surface area contributed by atoms with Gasteiger partial charge in [-0.15, -0.1) is 0 Å². The zero-order chi connectivity index (χ0) is 12.1. The lowest BCUT2D eigenvalue weighted by Crippen LogP contribution is -2.39. The second-order valence-corrected chi connectivity index (χ2v) is 4.59. The predicted octanol–water partition coefficient (Wildman–Crippen LogP) is 2.41. The largest absolute Gasteiger partial charge is 0.497 e. The van der Waals surface area contributed by atoms with Gasteiger partial charge in [0.1, 0.15) is 5.76 Å². The van der Waals surface area contributed by atoms with Crippen molar-refractivity contribution in [3.63, 3.8) is 0 Å². The summed E-state index contributed by atoms with van der Waals surface area (Å²) in [7, 11) is 0. The van der Waals surface area contributed by atoms with Crippen LogP contribution < -0.4 is 11.3 Å². The van der Waals surface area contributed by atoms with E-state index in [1.807, 2.05) is 24.3 Å². The van der Waals surface area contributed by atoms with Crippen molar-refractivity contribution in [3.8, 4) is 0 Å². The molecule has 1 aliphatic rings. The number of halogens is 1. The van der Waals surface area contributed by atoms with Gasteiger partial charge in [0, 0.05) is 5.02 Å². The Balaban J connectivity index is 2.06. The third kappa shape index (κ3) is 3.46. The summed E-state index contributed by atoms with van der Waals surface area (Å²) in [6, 6.07) is 7.83. The number of nitrogens with one attached hydrogen (secondary N) is 1. The molecule has 1 atom stereocenters. The van der Waals surface area contributed by atoms with Gasteiger partial charge >= 0.3 is 0 Å². The lowest BCUT2D eigenvalue weighted by atomic mass is 10.0. The number of benzene rings is 1. The molecule has 1 aromatic rings. The third-order valence-corrected chi connectivity index (χ3v) is 3.07. The molecule has 0 saturated heterocycles. The Morgan fingerprint density at radius 3 is 3.00 bits per heavy atom. The molecule has 1 aromatic carbocycles. The number of rotatable bonds is 4. The van der Waals surface area contributed by atoms with E-state index in [1.54, 1.807) is 0 Å². The zero-order valence-corrected chi connectivity index (χ0v) is 10.4. The van der Waals surface area contributed by atoms with Crippen LogP contribution >= 0.6 is 11.6 Å². The van der Waals surface area contributed by atoms with Gasteiger partial charge < -0.3 is 4.74 Å². The molecule has 1 unspecified atom stereocenters. The second kappa shape index (κ2) is 6.05. The molecule has 17 heavy (non-hydrogen) atoms. The van der Waals surface area contributed by atoms with Crippen molar-refractivity contribution >= 4 is 11.6 Å². The van der Waals surface area contributed by atoms with Gasteiger partial charge in [-0.2, -0.15) is 0 Å². The van der Waals surface area contributed by atoms with E-state index in [1.165, 1.54) is 0 Å². The Morgan fingerprint density at radius 1 is 1.47 bits per heavy atom. The Hall–Kier alpha value is -1.03. The molecule has 0 amide bonds. The number of hydrazine groups is 1. The molecule has 1 aliphatic heterocycles. The van der Waals surface area contributed by atoms with Crippen LogP contribution in [-0.2, 0) is 11.2 Å². The van der Waals surface area contributed by atoms with Gasteiger partial charge in [0.2, 0.25) is 0 Å². The number of ether oxygens (including phenoxy) is 1. The smallest absolute Gasteiger partial charge is 0.111 e. The molecule has 0 fully saturated rings. The molecule has 92 valence electrons. The molecule has 0 aromatic heterocycles. The SMILES string of the molecule is NNC(Cc1cccc(Cl)c1)C1=CCCCO1. The maximum absolute atomic E-state index is 5.96. The Kier molecular flexibility index (Phi) is 4.42. The van der Waals surface area contributed by atoms with Crippen molar-refractivity contribution in [3.05, 3.63) is 46.7 Å². The number of hydrogen-bond acceptors (Lipinski definition) is 3. The van der Waals surface area contributed by atoms with Crippen molar-refractivity contribution in [2.24, 2.45) is 5.84 Å². The maximum Gasteiger partial charge on any atom is 0.111 e. The van der Waals surface area contributed by atoms with E-state index in [2.05, 4.69) is 11.5 Å².